The zero-order valence-corrected chi connectivity index (χ0v) is 10.3. The normalized spacial score (nSPS) is 13.2. The van der Waals surface area contributed by atoms with Gasteiger partial charge in [-0.15, -0.1) is 0 Å². The van der Waals surface area contributed by atoms with Crippen LogP contribution in [0.1, 0.15) is 0 Å². The van der Waals surface area contributed by atoms with Gasteiger partial charge < -0.3 is 20.1 Å². The third-order valence-electron chi connectivity index (χ3n) is 2.40. The number of hydrogen-bond donors (Lipinski definition) is 2. The number of anilines is 1. The molecule has 0 saturated carbocycles. The number of nitrogens with two attached hydrogens (primary N) is 1. The number of hydrogen-bond acceptors (Lipinski definition) is 7. The summed E-state index contributed by atoms with van der Waals surface area (Å²) in [6.45, 7) is 0.161. The number of nitrogens with zero attached hydrogens (tertiary/aromatic N) is 4. The highest BCUT2D eigenvalue weighted by Gasteiger charge is 2.13. The van der Waals surface area contributed by atoms with Gasteiger partial charge in [0, 0.05) is 0 Å². The van der Waals surface area contributed by atoms with E-state index in [2.05, 4.69) is 15.0 Å². The average molecular weight is 269 g/mol. The molecule has 0 aliphatic heterocycles. The summed E-state index contributed by atoms with van der Waals surface area (Å²) < 4.78 is 17.2. The molecule has 0 aliphatic carbocycles. The smallest absolute Gasteiger partial charge is 0.183 e. The third-order valence-corrected chi connectivity index (χ3v) is 2.65. The molecular weight excluding hydrogens is 257 g/mol. The van der Waals surface area contributed by atoms with Gasteiger partial charge in [0.1, 0.15) is 18.2 Å². The molecule has 0 amide bonds. The van der Waals surface area contributed by atoms with Gasteiger partial charge in [0.25, 0.3) is 0 Å². The van der Waals surface area contributed by atoms with E-state index in [9.17, 15) is 4.57 Å². The van der Waals surface area contributed by atoms with Crippen molar-refractivity contribution in [2.24, 2.45) is 0 Å². The molecule has 0 spiro atoms. The third kappa shape index (κ3) is 2.61. The van der Waals surface area contributed by atoms with Gasteiger partial charge in [0.2, 0.25) is 0 Å². The van der Waals surface area contributed by atoms with Crippen molar-refractivity contribution in [1.29, 1.82) is 0 Å². The highest BCUT2D eigenvalue weighted by atomic mass is 31.1. The molecular formula is C9H12N5O3P. The second-order valence-corrected chi connectivity index (χ2v) is 4.07. The summed E-state index contributed by atoms with van der Waals surface area (Å²) >= 11 is 0. The van der Waals surface area contributed by atoms with Crippen LogP contribution in [0, 0.1) is 0 Å². The van der Waals surface area contributed by atoms with E-state index in [0.29, 0.717) is 23.5 Å². The Morgan fingerprint density at radius 1 is 1.50 bits per heavy atom. The molecule has 2 rings (SSSR count). The van der Waals surface area contributed by atoms with Crippen LogP contribution in [0.5, 0.6) is 0 Å². The van der Waals surface area contributed by atoms with E-state index in [1.165, 1.54) is 6.33 Å². The Hall–Kier alpha value is -1.63. The second kappa shape index (κ2) is 5.81. The Kier molecular flexibility index (Phi) is 4.14. The molecule has 0 bridgehead atoms. The lowest BCUT2D eigenvalue weighted by molar-refractivity contribution is 0.0278. The Balaban J connectivity index is 2.20. The lowest BCUT2D eigenvalue weighted by Crippen LogP contribution is -2.23. The average Bonchev–Trinajstić information content (AvgIpc) is 2.79. The molecule has 1 unspecified atom stereocenters. The lowest BCUT2D eigenvalue weighted by Gasteiger charge is -2.14. The summed E-state index contributed by atoms with van der Waals surface area (Å²) in [7, 11) is -0.121. The van der Waals surface area contributed by atoms with E-state index in [1.54, 1.807) is 10.9 Å². The first-order valence-corrected chi connectivity index (χ1v) is 6.19. The van der Waals surface area contributed by atoms with Crippen LogP contribution >= 0.6 is 8.46 Å². The van der Waals surface area contributed by atoms with Crippen molar-refractivity contribution in [3.63, 3.8) is 0 Å². The Morgan fingerprint density at radius 2 is 2.33 bits per heavy atom. The summed E-state index contributed by atoms with van der Waals surface area (Å²) in [5, 5.41) is 9.16. The van der Waals surface area contributed by atoms with E-state index in [1.807, 2.05) is 0 Å². The van der Waals surface area contributed by atoms with Crippen molar-refractivity contribution < 1.29 is 14.4 Å². The Labute approximate surface area is 104 Å². The van der Waals surface area contributed by atoms with Gasteiger partial charge in [-0.25, -0.2) is 15.0 Å². The van der Waals surface area contributed by atoms with Gasteiger partial charge in [-0.05, 0) is 0 Å². The van der Waals surface area contributed by atoms with E-state index < -0.39 is 6.10 Å². The minimum absolute atomic E-state index is 0.0367. The van der Waals surface area contributed by atoms with Gasteiger partial charge in [-0.2, -0.15) is 0 Å². The van der Waals surface area contributed by atoms with Crippen molar-refractivity contribution in [1.82, 2.24) is 19.5 Å². The molecule has 0 saturated heterocycles. The monoisotopic (exact) mass is 269 g/mol. The Morgan fingerprint density at radius 3 is 3.06 bits per heavy atom. The van der Waals surface area contributed by atoms with Crippen LogP contribution in [0.25, 0.3) is 11.2 Å². The largest absolute Gasteiger partial charge is 0.394 e. The van der Waals surface area contributed by atoms with E-state index in [0.717, 1.165) is 0 Å². The molecule has 96 valence electrons. The predicted molar refractivity (Wildman–Crippen MR) is 64.2 cm³/mol. The number of ether oxygens (including phenoxy) is 1. The summed E-state index contributed by atoms with van der Waals surface area (Å²) in [5.41, 5.74) is 6.75. The van der Waals surface area contributed by atoms with E-state index in [4.69, 9.17) is 15.6 Å². The van der Waals surface area contributed by atoms with Crippen LogP contribution < -0.4 is 5.73 Å². The molecule has 18 heavy (non-hydrogen) atoms. The van der Waals surface area contributed by atoms with Crippen LogP contribution in [0.2, 0.25) is 0 Å². The van der Waals surface area contributed by atoms with Crippen LogP contribution in [0.3, 0.4) is 0 Å². The van der Waals surface area contributed by atoms with E-state index in [-0.39, 0.29) is 21.4 Å². The molecule has 9 heteroatoms. The molecule has 2 heterocycles. The number of fused-ring (bicyclic) bond motifs is 1. The molecule has 0 fully saturated rings. The lowest BCUT2D eigenvalue weighted by atomic mass is 10.3. The topological polar surface area (TPSA) is 116 Å². The maximum atomic E-state index is 10.3. The first kappa shape index (κ1) is 12.8. The molecule has 0 radical (unpaired) electrons. The summed E-state index contributed by atoms with van der Waals surface area (Å²) in [6.07, 6.45) is 2.46. The number of nitrogen functional groups attached to an aromatic ring is 1. The summed E-state index contributed by atoms with van der Waals surface area (Å²) in [5.74, 6) is 0.304. The fourth-order valence-electron chi connectivity index (χ4n) is 1.55. The predicted octanol–water partition coefficient (Wildman–Crippen LogP) is 0.0352. The second-order valence-electron chi connectivity index (χ2n) is 3.56. The molecule has 2 aromatic heterocycles. The molecule has 0 aromatic carbocycles. The van der Waals surface area contributed by atoms with Crippen LogP contribution in [0.4, 0.5) is 5.82 Å². The number of aliphatic hydroxyl groups excluding tert-OH is 1. The number of imidazole rings is 1. The van der Waals surface area contributed by atoms with Gasteiger partial charge in [0.15, 0.2) is 19.9 Å². The van der Waals surface area contributed by atoms with Crippen LogP contribution in [0.15, 0.2) is 12.7 Å². The van der Waals surface area contributed by atoms with Gasteiger partial charge in [-0.3, -0.25) is 4.57 Å². The number of aromatic nitrogens is 4. The van der Waals surface area contributed by atoms with Crippen molar-refractivity contribution in [3.8, 4) is 0 Å². The zero-order chi connectivity index (χ0) is 13.0. The Bertz CT molecular complexity index is 546. The van der Waals surface area contributed by atoms with Gasteiger partial charge in [0.05, 0.1) is 25.6 Å². The summed E-state index contributed by atoms with van der Waals surface area (Å²) in [6, 6.07) is 0. The molecule has 0 aliphatic rings. The van der Waals surface area contributed by atoms with Crippen LogP contribution in [-0.4, -0.2) is 43.7 Å². The highest BCUT2D eigenvalue weighted by Crippen LogP contribution is 2.15. The standard InChI is InChI=1S/C9H12N5O3P/c10-8-7-9(12-3-11-8)14(4-13-7)1-6(2-15)17-5-18-16/h3-4,6,15H,1-2,5H2,(H2,10,11,12). The quantitative estimate of drug-likeness (QED) is 0.711. The fourth-order valence-corrected chi connectivity index (χ4v) is 1.82. The minimum Gasteiger partial charge on any atom is -0.394 e. The molecule has 1 atom stereocenters. The molecule has 2 aromatic rings. The maximum absolute atomic E-state index is 10.3. The fraction of sp³-hybridized carbons (Fsp3) is 0.444. The van der Waals surface area contributed by atoms with E-state index >= 15 is 0 Å². The van der Waals surface area contributed by atoms with Crippen molar-refractivity contribution in [2.75, 3.05) is 18.7 Å². The molecule has 8 nitrogen and oxygen atoms in total. The summed E-state index contributed by atoms with van der Waals surface area (Å²) in [4.78, 5) is 12.0. The van der Waals surface area contributed by atoms with Gasteiger partial charge in [-0.1, -0.05) is 0 Å². The first-order valence-electron chi connectivity index (χ1n) is 5.19. The highest BCUT2D eigenvalue weighted by molar-refractivity contribution is 7.23. The maximum Gasteiger partial charge on any atom is 0.183 e. The number of aliphatic hydroxyl groups is 1. The zero-order valence-electron chi connectivity index (χ0n) is 9.43. The molecule has 3 N–H and O–H groups in total. The number of rotatable bonds is 6. The first-order chi connectivity index (χ1) is 8.76. The van der Waals surface area contributed by atoms with Crippen molar-refractivity contribution in [3.05, 3.63) is 12.7 Å². The van der Waals surface area contributed by atoms with Crippen molar-refractivity contribution >= 4 is 25.4 Å². The minimum atomic E-state index is -0.472. The SMILES string of the molecule is Nc1ncnc2c1ncn2CC(CO)OCP=O. The van der Waals surface area contributed by atoms with Crippen LogP contribution in [-0.2, 0) is 15.8 Å². The van der Waals surface area contributed by atoms with Crippen molar-refractivity contribution in [2.45, 2.75) is 12.6 Å². The van der Waals surface area contributed by atoms with Gasteiger partial charge >= 0.3 is 0 Å².